The summed E-state index contributed by atoms with van der Waals surface area (Å²) in [5, 5.41) is 0. The molecule has 0 spiro atoms. The molecule has 0 saturated heterocycles. The molecular formula is C13H9F2NO. The number of aryl methyl sites for hydroxylation is 1. The molecule has 4 heteroatoms. The number of hydrogen-bond donors (Lipinski definition) is 0. The molecule has 0 atom stereocenters. The van der Waals surface area contributed by atoms with Crippen molar-refractivity contribution in [3.05, 3.63) is 65.0 Å². The molecule has 1 aromatic heterocycles. The van der Waals surface area contributed by atoms with Crippen molar-refractivity contribution in [2.45, 2.75) is 6.92 Å². The topological polar surface area (TPSA) is 30.0 Å². The first-order valence-electron chi connectivity index (χ1n) is 5.01. The third-order valence-corrected chi connectivity index (χ3v) is 2.33. The predicted molar refractivity (Wildman–Crippen MR) is 58.8 cm³/mol. The highest BCUT2D eigenvalue weighted by Crippen LogP contribution is 2.16. The quantitative estimate of drug-likeness (QED) is 0.746. The van der Waals surface area contributed by atoms with Gasteiger partial charge >= 0.3 is 0 Å². The van der Waals surface area contributed by atoms with Crippen LogP contribution in [0.4, 0.5) is 8.78 Å². The van der Waals surface area contributed by atoms with Crippen LogP contribution in [-0.4, -0.2) is 10.8 Å². The van der Waals surface area contributed by atoms with E-state index in [1.165, 1.54) is 18.3 Å². The molecule has 0 fully saturated rings. The fraction of sp³-hybridized carbons (Fsp3) is 0.0769. The second kappa shape index (κ2) is 4.41. The molecule has 2 nitrogen and oxygen atoms in total. The van der Waals surface area contributed by atoms with Crippen molar-refractivity contribution >= 4 is 5.78 Å². The first kappa shape index (κ1) is 11.4. The number of aromatic nitrogens is 1. The minimum Gasteiger partial charge on any atom is -0.287 e. The van der Waals surface area contributed by atoms with E-state index in [9.17, 15) is 13.6 Å². The molecule has 1 aromatic carbocycles. The van der Waals surface area contributed by atoms with E-state index in [2.05, 4.69) is 4.98 Å². The Morgan fingerprint density at radius 3 is 2.29 bits per heavy atom. The fourth-order valence-corrected chi connectivity index (χ4v) is 1.44. The molecule has 17 heavy (non-hydrogen) atoms. The van der Waals surface area contributed by atoms with E-state index in [-0.39, 0.29) is 5.69 Å². The number of ketones is 1. The van der Waals surface area contributed by atoms with Crippen LogP contribution in [0.3, 0.4) is 0 Å². The highest BCUT2D eigenvalue weighted by Gasteiger charge is 2.19. The van der Waals surface area contributed by atoms with Crippen LogP contribution in [0.1, 0.15) is 21.6 Å². The first-order chi connectivity index (χ1) is 8.09. The lowest BCUT2D eigenvalue weighted by atomic mass is 10.1. The van der Waals surface area contributed by atoms with Crippen molar-refractivity contribution < 1.29 is 13.6 Å². The SMILES string of the molecule is Cc1ccc(C(=O)c2c(F)cccc2F)nc1. The summed E-state index contributed by atoms with van der Waals surface area (Å²) in [6, 6.07) is 6.42. The normalized spacial score (nSPS) is 10.3. The van der Waals surface area contributed by atoms with Gasteiger partial charge in [-0.05, 0) is 30.7 Å². The van der Waals surface area contributed by atoms with Crippen molar-refractivity contribution in [1.82, 2.24) is 4.98 Å². The van der Waals surface area contributed by atoms with Crippen LogP contribution in [-0.2, 0) is 0 Å². The number of benzene rings is 1. The Morgan fingerprint density at radius 2 is 1.76 bits per heavy atom. The van der Waals surface area contributed by atoms with Gasteiger partial charge in [0.05, 0.1) is 5.56 Å². The minimum atomic E-state index is -0.877. The number of carbonyl (C=O) groups is 1. The molecular weight excluding hydrogens is 224 g/mol. The Kier molecular flexibility index (Phi) is 2.95. The molecule has 0 amide bonds. The van der Waals surface area contributed by atoms with E-state index in [1.54, 1.807) is 6.07 Å². The fourth-order valence-electron chi connectivity index (χ4n) is 1.44. The zero-order valence-electron chi connectivity index (χ0n) is 9.08. The molecule has 0 unspecified atom stereocenters. The summed E-state index contributed by atoms with van der Waals surface area (Å²) < 4.78 is 26.8. The highest BCUT2D eigenvalue weighted by molar-refractivity contribution is 6.08. The molecule has 0 bridgehead atoms. The minimum absolute atomic E-state index is 0.0274. The summed E-state index contributed by atoms with van der Waals surface area (Å²) in [7, 11) is 0. The average molecular weight is 233 g/mol. The lowest BCUT2D eigenvalue weighted by Gasteiger charge is -2.03. The zero-order chi connectivity index (χ0) is 12.4. The van der Waals surface area contributed by atoms with Crippen LogP contribution >= 0.6 is 0 Å². The van der Waals surface area contributed by atoms with Gasteiger partial charge in [0.1, 0.15) is 17.3 Å². The van der Waals surface area contributed by atoms with Gasteiger partial charge < -0.3 is 0 Å². The summed E-state index contributed by atoms with van der Waals surface area (Å²) in [6.07, 6.45) is 1.48. The van der Waals surface area contributed by atoms with E-state index in [0.29, 0.717) is 0 Å². The van der Waals surface area contributed by atoms with E-state index < -0.39 is 23.0 Å². The van der Waals surface area contributed by atoms with Gasteiger partial charge in [-0.2, -0.15) is 0 Å². The Balaban J connectivity index is 2.47. The summed E-state index contributed by atoms with van der Waals surface area (Å²) in [5.41, 5.74) is 0.332. The van der Waals surface area contributed by atoms with Gasteiger partial charge in [-0.25, -0.2) is 8.78 Å². The highest BCUT2D eigenvalue weighted by atomic mass is 19.1. The van der Waals surface area contributed by atoms with Gasteiger partial charge in [0.15, 0.2) is 0 Å². The molecule has 0 aliphatic carbocycles. The maximum atomic E-state index is 13.4. The summed E-state index contributed by atoms with van der Waals surface area (Å²) in [6.45, 7) is 1.81. The van der Waals surface area contributed by atoms with Gasteiger partial charge in [-0.3, -0.25) is 9.78 Å². The summed E-state index contributed by atoms with van der Waals surface area (Å²) in [5.74, 6) is -2.50. The third-order valence-electron chi connectivity index (χ3n) is 2.33. The third kappa shape index (κ3) is 2.20. The first-order valence-corrected chi connectivity index (χ1v) is 5.01. The van der Waals surface area contributed by atoms with Gasteiger partial charge in [0, 0.05) is 6.20 Å². The van der Waals surface area contributed by atoms with Crippen molar-refractivity contribution in [2.75, 3.05) is 0 Å². The largest absolute Gasteiger partial charge is 0.287 e. The molecule has 0 aliphatic rings. The number of rotatable bonds is 2. The maximum absolute atomic E-state index is 13.4. The van der Waals surface area contributed by atoms with Gasteiger partial charge in [0.25, 0.3) is 0 Å². The summed E-state index contributed by atoms with van der Waals surface area (Å²) in [4.78, 5) is 15.7. The smallest absolute Gasteiger partial charge is 0.217 e. The standard InChI is InChI=1S/C13H9F2NO/c1-8-5-6-11(16-7-8)13(17)12-9(14)3-2-4-10(12)15/h2-7H,1H3. The number of hydrogen-bond acceptors (Lipinski definition) is 2. The molecule has 0 aliphatic heterocycles. The Bertz CT molecular complexity index is 544. The van der Waals surface area contributed by atoms with Gasteiger partial charge in [-0.1, -0.05) is 12.1 Å². The molecule has 2 rings (SSSR count). The average Bonchev–Trinajstić information content (AvgIpc) is 2.29. The van der Waals surface area contributed by atoms with E-state index in [0.717, 1.165) is 17.7 Å². The van der Waals surface area contributed by atoms with Crippen LogP contribution in [0.25, 0.3) is 0 Å². The van der Waals surface area contributed by atoms with Gasteiger partial charge in [-0.15, -0.1) is 0 Å². The van der Waals surface area contributed by atoms with Crippen LogP contribution in [0.5, 0.6) is 0 Å². The molecule has 0 N–H and O–H groups in total. The van der Waals surface area contributed by atoms with E-state index >= 15 is 0 Å². The van der Waals surface area contributed by atoms with Crippen molar-refractivity contribution in [3.63, 3.8) is 0 Å². The van der Waals surface area contributed by atoms with Crippen LogP contribution in [0, 0.1) is 18.6 Å². The lowest BCUT2D eigenvalue weighted by molar-refractivity contribution is 0.102. The second-order valence-electron chi connectivity index (χ2n) is 3.65. The molecule has 0 radical (unpaired) electrons. The van der Waals surface area contributed by atoms with Crippen molar-refractivity contribution in [2.24, 2.45) is 0 Å². The maximum Gasteiger partial charge on any atom is 0.217 e. The number of nitrogens with zero attached hydrogens (tertiary/aromatic N) is 1. The van der Waals surface area contributed by atoms with Crippen LogP contribution < -0.4 is 0 Å². The molecule has 2 aromatic rings. The number of pyridine rings is 1. The van der Waals surface area contributed by atoms with Crippen molar-refractivity contribution in [3.8, 4) is 0 Å². The van der Waals surface area contributed by atoms with Crippen LogP contribution in [0.2, 0.25) is 0 Å². The lowest BCUT2D eigenvalue weighted by Crippen LogP contribution is -2.09. The molecule has 0 saturated carbocycles. The van der Waals surface area contributed by atoms with Crippen LogP contribution in [0.15, 0.2) is 36.5 Å². The van der Waals surface area contributed by atoms with E-state index in [1.807, 2.05) is 6.92 Å². The number of carbonyl (C=O) groups excluding carboxylic acids is 1. The van der Waals surface area contributed by atoms with Crippen molar-refractivity contribution in [1.29, 1.82) is 0 Å². The zero-order valence-corrected chi connectivity index (χ0v) is 9.08. The molecule has 1 heterocycles. The Labute approximate surface area is 96.9 Å². The summed E-state index contributed by atoms with van der Waals surface area (Å²) >= 11 is 0. The monoisotopic (exact) mass is 233 g/mol. The molecule has 86 valence electrons. The van der Waals surface area contributed by atoms with Gasteiger partial charge in [0.2, 0.25) is 5.78 Å². The predicted octanol–water partition coefficient (Wildman–Crippen LogP) is 2.90. The Hall–Kier alpha value is -2.10. The Morgan fingerprint density at radius 1 is 1.12 bits per heavy atom. The second-order valence-corrected chi connectivity index (χ2v) is 3.65. The van der Waals surface area contributed by atoms with E-state index in [4.69, 9.17) is 0 Å². The number of halogens is 2.